The van der Waals surface area contributed by atoms with Gasteiger partial charge in [-0.25, -0.2) is 8.42 Å². The molecule has 0 unspecified atom stereocenters. The lowest BCUT2D eigenvalue weighted by Gasteiger charge is -2.18. The number of hydrogen-bond acceptors (Lipinski definition) is 4. The minimum atomic E-state index is -3.62. The lowest BCUT2D eigenvalue weighted by molar-refractivity contribution is -0.120. The van der Waals surface area contributed by atoms with Gasteiger partial charge < -0.3 is 5.32 Å². The molecular weight excluding hydrogens is 408 g/mol. The molecule has 1 fully saturated rings. The van der Waals surface area contributed by atoms with E-state index in [9.17, 15) is 13.2 Å². The monoisotopic (exact) mass is 416 g/mol. The minimum absolute atomic E-state index is 0.123. The maximum atomic E-state index is 12.4. The number of hydrogen-bond donors (Lipinski definition) is 1. The maximum absolute atomic E-state index is 12.4. The topological polar surface area (TPSA) is 66.5 Å². The molecule has 100 valence electrons. The molecule has 0 aromatic carbocycles. The van der Waals surface area contributed by atoms with E-state index in [0.717, 1.165) is 3.79 Å². The van der Waals surface area contributed by atoms with Crippen LogP contribution in [-0.4, -0.2) is 38.3 Å². The maximum Gasteiger partial charge on any atom is 0.245 e. The first-order valence-corrected chi connectivity index (χ1v) is 8.97. The Morgan fingerprint density at radius 1 is 1.39 bits per heavy atom. The molecule has 1 N–H and O–H groups in total. The average Bonchev–Trinajstić information content (AvgIpc) is 2.50. The molecular formula is C9H10Br2N2O3S2. The Hall–Kier alpha value is 0.0400. The van der Waals surface area contributed by atoms with Crippen LogP contribution < -0.4 is 5.32 Å². The molecule has 0 aliphatic carbocycles. The minimum Gasteiger partial charge on any atom is -0.355 e. The molecule has 18 heavy (non-hydrogen) atoms. The van der Waals surface area contributed by atoms with Gasteiger partial charge in [-0.2, -0.15) is 4.31 Å². The summed E-state index contributed by atoms with van der Waals surface area (Å²) in [5, 5.41) is 2.65. The van der Waals surface area contributed by atoms with E-state index in [0.29, 0.717) is 23.3 Å². The van der Waals surface area contributed by atoms with Gasteiger partial charge in [0.25, 0.3) is 0 Å². The molecule has 1 aromatic heterocycles. The number of nitrogens with zero attached hydrogens (tertiary/aromatic N) is 1. The Balaban J connectivity index is 2.35. The van der Waals surface area contributed by atoms with Crippen molar-refractivity contribution in [2.45, 2.75) is 11.3 Å². The Kier molecular flexibility index (Phi) is 4.48. The molecule has 1 saturated heterocycles. The van der Waals surface area contributed by atoms with Gasteiger partial charge in [0, 0.05) is 13.1 Å². The summed E-state index contributed by atoms with van der Waals surface area (Å²) in [6, 6.07) is 1.55. The van der Waals surface area contributed by atoms with E-state index in [1.165, 1.54) is 15.6 Å². The first-order valence-electron chi connectivity index (χ1n) is 5.13. The van der Waals surface area contributed by atoms with E-state index in [2.05, 4.69) is 37.2 Å². The predicted octanol–water partition coefficient (Wildman–Crippen LogP) is 1.78. The largest absolute Gasteiger partial charge is 0.355 e. The van der Waals surface area contributed by atoms with Gasteiger partial charge in [-0.3, -0.25) is 4.79 Å². The summed E-state index contributed by atoms with van der Waals surface area (Å²) in [7, 11) is -3.62. The SMILES string of the molecule is O=C1CN(S(=O)(=O)c2cc(Br)sc2Br)CCCN1. The van der Waals surface area contributed by atoms with Crippen molar-refractivity contribution in [1.29, 1.82) is 0 Å². The highest BCUT2D eigenvalue weighted by molar-refractivity contribution is 9.12. The van der Waals surface area contributed by atoms with Gasteiger partial charge in [-0.15, -0.1) is 11.3 Å². The van der Waals surface area contributed by atoms with Gasteiger partial charge in [-0.1, -0.05) is 0 Å². The Morgan fingerprint density at radius 2 is 2.11 bits per heavy atom. The summed E-state index contributed by atoms with van der Waals surface area (Å²) >= 11 is 7.78. The van der Waals surface area contributed by atoms with Crippen LogP contribution in [0.25, 0.3) is 0 Å². The van der Waals surface area contributed by atoms with Crippen LogP contribution in [0, 0.1) is 0 Å². The van der Waals surface area contributed by atoms with Crippen molar-refractivity contribution in [1.82, 2.24) is 9.62 Å². The van der Waals surface area contributed by atoms with Gasteiger partial charge in [0.15, 0.2) is 0 Å². The fourth-order valence-corrected chi connectivity index (χ4v) is 6.82. The molecule has 0 bridgehead atoms. The summed E-state index contributed by atoms with van der Waals surface area (Å²) in [6.45, 7) is 0.739. The van der Waals surface area contributed by atoms with Crippen LogP contribution in [0.15, 0.2) is 18.5 Å². The molecule has 1 aliphatic heterocycles. The van der Waals surface area contributed by atoms with Gasteiger partial charge in [0.05, 0.1) is 14.1 Å². The summed E-state index contributed by atoms with van der Waals surface area (Å²) in [4.78, 5) is 11.6. The molecule has 0 radical (unpaired) electrons. The number of amides is 1. The Bertz CT molecular complexity index is 570. The fourth-order valence-electron chi connectivity index (χ4n) is 1.62. The molecule has 1 aromatic rings. The molecule has 2 rings (SSSR count). The van der Waals surface area contributed by atoms with Crippen LogP contribution >= 0.6 is 43.2 Å². The van der Waals surface area contributed by atoms with Crippen molar-refractivity contribution < 1.29 is 13.2 Å². The van der Waals surface area contributed by atoms with Gasteiger partial charge in [-0.05, 0) is 44.3 Å². The van der Waals surface area contributed by atoms with Crippen LogP contribution in [0.5, 0.6) is 0 Å². The van der Waals surface area contributed by atoms with E-state index in [-0.39, 0.29) is 17.3 Å². The van der Waals surface area contributed by atoms with Crippen LogP contribution in [0.2, 0.25) is 0 Å². The number of carbonyl (C=O) groups excluding carboxylic acids is 1. The zero-order chi connectivity index (χ0) is 13.3. The standard InChI is InChI=1S/C9H10Br2N2O3S2/c10-7-4-6(9(11)17-7)18(15,16)13-3-1-2-12-8(14)5-13/h4H,1-3,5H2,(H,12,14). The van der Waals surface area contributed by atoms with Crippen molar-refractivity contribution >= 4 is 59.1 Å². The number of thiophene rings is 1. The second kappa shape index (κ2) is 5.58. The summed E-state index contributed by atoms with van der Waals surface area (Å²) < 4.78 is 27.3. The second-order valence-corrected chi connectivity index (χ2v) is 9.39. The molecule has 2 heterocycles. The number of nitrogens with one attached hydrogen (secondary N) is 1. The van der Waals surface area contributed by atoms with Crippen molar-refractivity contribution in [2.24, 2.45) is 0 Å². The van der Waals surface area contributed by atoms with Crippen LogP contribution in [-0.2, 0) is 14.8 Å². The van der Waals surface area contributed by atoms with Crippen LogP contribution in [0.4, 0.5) is 0 Å². The van der Waals surface area contributed by atoms with E-state index in [4.69, 9.17) is 0 Å². The van der Waals surface area contributed by atoms with Gasteiger partial charge >= 0.3 is 0 Å². The Labute approximate surface area is 126 Å². The third kappa shape index (κ3) is 2.96. The zero-order valence-electron chi connectivity index (χ0n) is 9.15. The van der Waals surface area contributed by atoms with Gasteiger partial charge in [0.2, 0.25) is 15.9 Å². The van der Waals surface area contributed by atoms with E-state index in [1.807, 2.05) is 0 Å². The highest BCUT2D eigenvalue weighted by Gasteiger charge is 2.30. The van der Waals surface area contributed by atoms with Crippen molar-refractivity contribution in [2.75, 3.05) is 19.6 Å². The molecule has 9 heteroatoms. The lowest BCUT2D eigenvalue weighted by Crippen LogP contribution is -2.37. The molecule has 1 aliphatic rings. The van der Waals surface area contributed by atoms with E-state index < -0.39 is 10.0 Å². The summed E-state index contributed by atoms with van der Waals surface area (Å²) in [5.74, 6) is -0.263. The third-order valence-corrected chi connectivity index (χ3v) is 7.07. The van der Waals surface area contributed by atoms with Crippen molar-refractivity contribution in [3.05, 3.63) is 13.6 Å². The highest BCUT2D eigenvalue weighted by atomic mass is 79.9. The molecule has 0 atom stereocenters. The van der Waals surface area contributed by atoms with Crippen molar-refractivity contribution in [3.8, 4) is 0 Å². The molecule has 0 spiro atoms. The predicted molar refractivity (Wildman–Crippen MR) is 76.1 cm³/mol. The molecule has 5 nitrogen and oxygen atoms in total. The Morgan fingerprint density at radius 3 is 2.72 bits per heavy atom. The first kappa shape index (κ1) is 14.4. The average molecular weight is 418 g/mol. The second-order valence-electron chi connectivity index (χ2n) is 3.73. The quantitative estimate of drug-likeness (QED) is 0.797. The number of sulfonamides is 1. The van der Waals surface area contributed by atoms with Crippen molar-refractivity contribution in [3.63, 3.8) is 0 Å². The number of carbonyl (C=O) groups is 1. The smallest absolute Gasteiger partial charge is 0.245 e. The lowest BCUT2D eigenvalue weighted by atomic mass is 10.4. The van der Waals surface area contributed by atoms with E-state index in [1.54, 1.807) is 6.07 Å². The van der Waals surface area contributed by atoms with Gasteiger partial charge in [0.1, 0.15) is 4.90 Å². The number of halogens is 2. The number of rotatable bonds is 2. The summed E-state index contributed by atoms with van der Waals surface area (Å²) in [5.41, 5.74) is 0. The fraction of sp³-hybridized carbons (Fsp3) is 0.444. The van der Waals surface area contributed by atoms with E-state index >= 15 is 0 Å². The van der Waals surface area contributed by atoms with Crippen LogP contribution in [0.3, 0.4) is 0 Å². The highest BCUT2D eigenvalue weighted by Crippen LogP contribution is 2.36. The molecule has 0 saturated carbocycles. The first-order chi connectivity index (χ1) is 8.41. The normalized spacial score (nSPS) is 18.4. The third-order valence-electron chi connectivity index (χ3n) is 2.47. The summed E-state index contributed by atoms with van der Waals surface area (Å²) in [6.07, 6.45) is 0.619. The zero-order valence-corrected chi connectivity index (χ0v) is 14.0. The van der Waals surface area contributed by atoms with Crippen LogP contribution in [0.1, 0.15) is 6.42 Å². The molecule has 1 amide bonds.